The Balaban J connectivity index is 1.54. The monoisotopic (exact) mass is 318 g/mol. The summed E-state index contributed by atoms with van der Waals surface area (Å²) in [5.74, 6) is 0.777. The number of benzene rings is 1. The van der Waals surface area contributed by atoms with Gasteiger partial charge in [0, 0.05) is 36.9 Å². The van der Waals surface area contributed by atoms with Crippen molar-refractivity contribution in [3.8, 4) is 5.75 Å². The molecule has 2 heterocycles. The largest absolute Gasteiger partial charge is 0.495 e. The lowest BCUT2D eigenvalue weighted by Crippen LogP contribution is -2.50. The molecule has 5 heteroatoms. The fraction of sp³-hybridized carbons (Fsp3) is 0.667. The molecule has 2 saturated heterocycles. The number of methoxy groups -OCH3 is 1. The van der Waals surface area contributed by atoms with Crippen molar-refractivity contribution in [2.24, 2.45) is 0 Å². The number of hydrogen-bond donors (Lipinski definition) is 2. The highest BCUT2D eigenvalue weighted by Crippen LogP contribution is 2.30. The number of nitrogens with zero attached hydrogens (tertiary/aromatic N) is 2. The van der Waals surface area contributed by atoms with Crippen molar-refractivity contribution in [1.82, 2.24) is 10.2 Å². The van der Waals surface area contributed by atoms with Crippen molar-refractivity contribution in [2.45, 2.75) is 37.8 Å². The van der Waals surface area contributed by atoms with E-state index in [0.717, 1.165) is 24.9 Å². The van der Waals surface area contributed by atoms with Gasteiger partial charge in [0.1, 0.15) is 5.75 Å². The average Bonchev–Trinajstić information content (AvgIpc) is 2.62. The van der Waals surface area contributed by atoms with Gasteiger partial charge in [0.25, 0.3) is 0 Å². The van der Waals surface area contributed by atoms with Gasteiger partial charge in [-0.2, -0.15) is 0 Å². The van der Waals surface area contributed by atoms with Crippen molar-refractivity contribution in [2.75, 3.05) is 51.0 Å². The lowest BCUT2D eigenvalue weighted by molar-refractivity contribution is 0.126. The first-order valence-corrected chi connectivity index (χ1v) is 8.81. The number of nitrogens with two attached hydrogens (primary N) is 1. The van der Waals surface area contributed by atoms with E-state index in [1.165, 1.54) is 44.5 Å². The molecule has 0 aromatic heterocycles. The molecule has 0 aliphatic carbocycles. The zero-order valence-electron chi connectivity index (χ0n) is 14.4. The molecule has 3 rings (SSSR count). The third kappa shape index (κ3) is 3.72. The minimum atomic E-state index is 0.707. The van der Waals surface area contributed by atoms with Gasteiger partial charge in [-0.1, -0.05) is 0 Å². The molecule has 128 valence electrons. The molecule has 0 spiro atoms. The van der Waals surface area contributed by atoms with Crippen LogP contribution in [0.25, 0.3) is 0 Å². The van der Waals surface area contributed by atoms with Crippen LogP contribution in [0, 0.1) is 0 Å². The summed E-state index contributed by atoms with van der Waals surface area (Å²) in [6.45, 7) is 4.71. The van der Waals surface area contributed by atoms with Gasteiger partial charge in [0.15, 0.2) is 0 Å². The fourth-order valence-corrected chi connectivity index (χ4v) is 3.94. The van der Waals surface area contributed by atoms with Crippen LogP contribution in [0.5, 0.6) is 5.75 Å². The van der Waals surface area contributed by atoms with Crippen molar-refractivity contribution in [1.29, 1.82) is 0 Å². The zero-order chi connectivity index (χ0) is 16.2. The predicted molar refractivity (Wildman–Crippen MR) is 96.3 cm³/mol. The summed E-state index contributed by atoms with van der Waals surface area (Å²) >= 11 is 0. The second-order valence-electron chi connectivity index (χ2n) is 6.74. The van der Waals surface area contributed by atoms with Crippen LogP contribution in [-0.2, 0) is 0 Å². The summed E-state index contributed by atoms with van der Waals surface area (Å²) < 4.78 is 5.35. The van der Waals surface area contributed by atoms with Crippen LogP contribution in [0.2, 0.25) is 0 Å². The van der Waals surface area contributed by atoms with E-state index in [2.05, 4.69) is 34.3 Å². The third-order valence-corrected chi connectivity index (χ3v) is 5.50. The molecule has 0 radical (unpaired) electrons. The Morgan fingerprint density at radius 2 is 1.78 bits per heavy atom. The molecular weight excluding hydrogens is 288 g/mol. The number of ether oxygens (including phenoxy) is 1. The zero-order valence-corrected chi connectivity index (χ0v) is 14.4. The Labute approximate surface area is 139 Å². The van der Waals surface area contributed by atoms with E-state index >= 15 is 0 Å². The number of hydrogen-bond acceptors (Lipinski definition) is 5. The van der Waals surface area contributed by atoms with Crippen LogP contribution in [0.4, 0.5) is 11.4 Å². The molecule has 3 N–H and O–H groups in total. The van der Waals surface area contributed by atoms with Gasteiger partial charge in [-0.3, -0.25) is 0 Å². The van der Waals surface area contributed by atoms with E-state index in [9.17, 15) is 0 Å². The Bertz CT molecular complexity index is 506. The Morgan fingerprint density at radius 3 is 2.39 bits per heavy atom. The van der Waals surface area contributed by atoms with Gasteiger partial charge < -0.3 is 25.6 Å². The van der Waals surface area contributed by atoms with Gasteiger partial charge in [0.05, 0.1) is 12.8 Å². The van der Waals surface area contributed by atoms with Crippen LogP contribution in [0.1, 0.15) is 25.7 Å². The maximum atomic E-state index is 5.92. The predicted octanol–water partition coefficient (Wildman–Crippen LogP) is 1.93. The summed E-state index contributed by atoms with van der Waals surface area (Å²) in [6, 6.07) is 7.58. The smallest absolute Gasteiger partial charge is 0.143 e. The number of anilines is 2. The second kappa shape index (κ2) is 7.41. The molecule has 0 amide bonds. The molecule has 2 aliphatic heterocycles. The molecule has 1 aromatic carbocycles. The van der Waals surface area contributed by atoms with Crippen molar-refractivity contribution in [3.05, 3.63) is 18.2 Å². The second-order valence-corrected chi connectivity index (χ2v) is 6.74. The third-order valence-electron chi connectivity index (χ3n) is 5.50. The first-order valence-electron chi connectivity index (χ1n) is 8.81. The SMILES string of the molecule is CNC1CCN(C2CCN(c3ccc(N)c(OC)c3)CC2)CC1. The lowest BCUT2D eigenvalue weighted by Gasteiger charge is -2.42. The normalized spacial score (nSPS) is 21.6. The quantitative estimate of drug-likeness (QED) is 0.831. The molecule has 2 aliphatic rings. The highest BCUT2D eigenvalue weighted by Gasteiger charge is 2.28. The topological polar surface area (TPSA) is 53.8 Å². The van der Waals surface area contributed by atoms with Gasteiger partial charge in [0.2, 0.25) is 0 Å². The summed E-state index contributed by atoms with van der Waals surface area (Å²) in [6.07, 6.45) is 5.06. The van der Waals surface area contributed by atoms with Crippen LogP contribution in [-0.4, -0.2) is 57.3 Å². The van der Waals surface area contributed by atoms with E-state index < -0.39 is 0 Å². The highest BCUT2D eigenvalue weighted by molar-refractivity contribution is 5.62. The van der Waals surface area contributed by atoms with E-state index in [1.54, 1.807) is 7.11 Å². The van der Waals surface area contributed by atoms with Crippen molar-refractivity contribution in [3.63, 3.8) is 0 Å². The maximum Gasteiger partial charge on any atom is 0.143 e. The highest BCUT2D eigenvalue weighted by atomic mass is 16.5. The summed E-state index contributed by atoms with van der Waals surface area (Å²) in [5, 5.41) is 3.41. The molecule has 0 unspecified atom stereocenters. The Hall–Kier alpha value is -1.46. The van der Waals surface area contributed by atoms with Crippen LogP contribution in [0.3, 0.4) is 0 Å². The van der Waals surface area contributed by atoms with E-state index in [1.807, 2.05) is 6.07 Å². The first-order chi connectivity index (χ1) is 11.2. The minimum Gasteiger partial charge on any atom is -0.495 e. The van der Waals surface area contributed by atoms with Gasteiger partial charge in [-0.25, -0.2) is 0 Å². The van der Waals surface area contributed by atoms with E-state index in [0.29, 0.717) is 11.7 Å². The van der Waals surface area contributed by atoms with Gasteiger partial charge in [-0.05, 0) is 58.0 Å². The van der Waals surface area contributed by atoms with E-state index in [4.69, 9.17) is 10.5 Å². The Kier molecular flexibility index (Phi) is 5.28. The molecule has 0 bridgehead atoms. The van der Waals surface area contributed by atoms with Crippen molar-refractivity contribution >= 4 is 11.4 Å². The molecule has 2 fully saturated rings. The Morgan fingerprint density at radius 1 is 1.09 bits per heavy atom. The molecule has 5 nitrogen and oxygen atoms in total. The molecule has 1 aromatic rings. The lowest BCUT2D eigenvalue weighted by atomic mass is 9.97. The van der Waals surface area contributed by atoms with Crippen LogP contribution < -0.4 is 20.7 Å². The molecule has 0 saturated carbocycles. The molecular formula is C18H30N4O. The van der Waals surface area contributed by atoms with Crippen LogP contribution >= 0.6 is 0 Å². The number of nitrogens with one attached hydrogen (secondary N) is 1. The molecule has 23 heavy (non-hydrogen) atoms. The van der Waals surface area contributed by atoms with Crippen molar-refractivity contribution < 1.29 is 4.74 Å². The van der Waals surface area contributed by atoms with Gasteiger partial charge in [-0.15, -0.1) is 0 Å². The summed E-state index contributed by atoms with van der Waals surface area (Å²) in [7, 11) is 3.76. The van der Waals surface area contributed by atoms with Crippen LogP contribution in [0.15, 0.2) is 18.2 Å². The standard InChI is InChI=1S/C18H30N4O/c1-20-14-5-9-21(10-6-14)15-7-11-22(12-8-15)16-3-4-17(19)18(13-16)23-2/h3-4,13-15,20H,5-12,19H2,1-2H3. The number of likely N-dealkylation sites (tertiary alicyclic amines) is 1. The average molecular weight is 318 g/mol. The molecule has 0 atom stereocenters. The fourth-order valence-electron chi connectivity index (χ4n) is 3.94. The maximum absolute atomic E-state index is 5.92. The number of piperidine rings is 2. The minimum absolute atomic E-state index is 0.707. The summed E-state index contributed by atoms with van der Waals surface area (Å²) in [5.41, 5.74) is 7.85. The van der Waals surface area contributed by atoms with E-state index in [-0.39, 0.29) is 0 Å². The number of nitrogen functional groups attached to an aromatic ring is 1. The first kappa shape index (κ1) is 16.4. The summed E-state index contributed by atoms with van der Waals surface area (Å²) in [4.78, 5) is 5.16. The van der Waals surface area contributed by atoms with Gasteiger partial charge >= 0.3 is 0 Å². The number of rotatable bonds is 4.